The largest absolute Gasteiger partial charge is 0.207 e. The average Bonchev–Trinajstić information content (AvgIpc) is 2.86. The standard InChI is InChI=1S/C11H11ClF2/c1-6-4-8(6)11(12)9-5-7(13)2-3-10(9)14/h2-3,5-6,8,11H,4H2,1H3. The van der Waals surface area contributed by atoms with Crippen LogP contribution in [0, 0.1) is 23.5 Å². The molecule has 0 saturated heterocycles. The molecule has 0 spiro atoms. The van der Waals surface area contributed by atoms with E-state index >= 15 is 0 Å². The first-order valence-electron chi connectivity index (χ1n) is 4.68. The van der Waals surface area contributed by atoms with Crippen molar-refractivity contribution in [2.45, 2.75) is 18.7 Å². The highest BCUT2D eigenvalue weighted by molar-refractivity contribution is 6.21. The van der Waals surface area contributed by atoms with Gasteiger partial charge in [-0.1, -0.05) is 6.92 Å². The summed E-state index contributed by atoms with van der Waals surface area (Å²) >= 11 is 6.07. The first kappa shape index (κ1) is 9.91. The van der Waals surface area contributed by atoms with Crippen LogP contribution in [0.4, 0.5) is 8.78 Å². The van der Waals surface area contributed by atoms with Gasteiger partial charge in [0.25, 0.3) is 0 Å². The predicted octanol–water partition coefficient (Wildman–Crippen LogP) is 3.90. The molecule has 0 nitrogen and oxygen atoms in total. The zero-order valence-corrected chi connectivity index (χ0v) is 8.56. The normalized spacial score (nSPS) is 27.4. The Morgan fingerprint density at radius 2 is 2.07 bits per heavy atom. The van der Waals surface area contributed by atoms with Gasteiger partial charge in [-0.3, -0.25) is 0 Å². The van der Waals surface area contributed by atoms with Gasteiger partial charge in [0.05, 0.1) is 5.38 Å². The van der Waals surface area contributed by atoms with E-state index in [1.165, 1.54) is 6.07 Å². The Morgan fingerprint density at radius 3 is 2.64 bits per heavy atom. The second-order valence-corrected chi connectivity index (χ2v) is 4.41. The lowest BCUT2D eigenvalue weighted by atomic mass is 10.1. The van der Waals surface area contributed by atoms with Crippen LogP contribution >= 0.6 is 11.6 Å². The molecule has 0 radical (unpaired) electrons. The number of hydrogen-bond donors (Lipinski definition) is 0. The fraction of sp³-hybridized carbons (Fsp3) is 0.455. The molecule has 0 amide bonds. The van der Waals surface area contributed by atoms with Crippen molar-refractivity contribution in [3.05, 3.63) is 35.4 Å². The summed E-state index contributed by atoms with van der Waals surface area (Å²) in [6.45, 7) is 2.07. The molecular weight excluding hydrogens is 206 g/mol. The van der Waals surface area contributed by atoms with Crippen LogP contribution in [0.3, 0.4) is 0 Å². The molecule has 14 heavy (non-hydrogen) atoms. The summed E-state index contributed by atoms with van der Waals surface area (Å²) in [5, 5.41) is -0.388. The predicted molar refractivity (Wildman–Crippen MR) is 52.2 cm³/mol. The smallest absolute Gasteiger partial charge is 0.128 e. The van der Waals surface area contributed by atoms with Crippen LogP contribution in [0.1, 0.15) is 24.3 Å². The van der Waals surface area contributed by atoms with Gasteiger partial charge in [-0.05, 0) is 36.5 Å². The maximum atomic E-state index is 13.3. The van der Waals surface area contributed by atoms with E-state index < -0.39 is 11.6 Å². The monoisotopic (exact) mass is 216 g/mol. The van der Waals surface area contributed by atoms with Crippen molar-refractivity contribution in [3.63, 3.8) is 0 Å². The minimum atomic E-state index is -0.430. The lowest BCUT2D eigenvalue weighted by Crippen LogP contribution is -1.99. The Morgan fingerprint density at radius 1 is 1.43 bits per heavy atom. The second kappa shape index (κ2) is 3.50. The third kappa shape index (κ3) is 1.76. The van der Waals surface area contributed by atoms with E-state index in [-0.39, 0.29) is 5.38 Å². The van der Waals surface area contributed by atoms with Crippen molar-refractivity contribution in [2.75, 3.05) is 0 Å². The summed E-state index contributed by atoms with van der Waals surface area (Å²) in [4.78, 5) is 0. The summed E-state index contributed by atoms with van der Waals surface area (Å²) in [5.41, 5.74) is 0.293. The van der Waals surface area contributed by atoms with Gasteiger partial charge >= 0.3 is 0 Å². The topological polar surface area (TPSA) is 0 Å². The molecule has 1 aromatic rings. The highest BCUT2D eigenvalue weighted by atomic mass is 35.5. The fourth-order valence-corrected chi connectivity index (χ4v) is 2.23. The minimum Gasteiger partial charge on any atom is -0.207 e. The summed E-state index contributed by atoms with van der Waals surface area (Å²) in [6.07, 6.45) is 1.00. The number of halogens is 3. The molecule has 1 saturated carbocycles. The van der Waals surface area contributed by atoms with Crippen molar-refractivity contribution in [1.29, 1.82) is 0 Å². The molecule has 0 aliphatic heterocycles. The second-order valence-electron chi connectivity index (χ2n) is 3.94. The van der Waals surface area contributed by atoms with Gasteiger partial charge in [0.15, 0.2) is 0 Å². The molecule has 76 valence electrons. The van der Waals surface area contributed by atoms with Crippen molar-refractivity contribution in [3.8, 4) is 0 Å². The SMILES string of the molecule is CC1CC1C(Cl)c1cc(F)ccc1F. The fourth-order valence-electron chi connectivity index (χ4n) is 1.72. The third-order valence-electron chi connectivity index (χ3n) is 2.80. The zero-order chi connectivity index (χ0) is 10.3. The number of rotatable bonds is 2. The quantitative estimate of drug-likeness (QED) is 0.658. The van der Waals surface area contributed by atoms with Gasteiger partial charge in [-0.25, -0.2) is 8.78 Å². The van der Waals surface area contributed by atoms with Crippen LogP contribution in [0.5, 0.6) is 0 Å². The minimum absolute atomic E-state index is 0.293. The Balaban J connectivity index is 2.26. The maximum absolute atomic E-state index is 13.3. The van der Waals surface area contributed by atoms with E-state index in [0.717, 1.165) is 18.6 Å². The lowest BCUT2D eigenvalue weighted by Gasteiger charge is -2.09. The number of benzene rings is 1. The lowest BCUT2D eigenvalue weighted by molar-refractivity contribution is 0.570. The van der Waals surface area contributed by atoms with Gasteiger partial charge in [-0.15, -0.1) is 11.6 Å². The molecule has 0 heterocycles. The van der Waals surface area contributed by atoms with Crippen molar-refractivity contribution in [2.24, 2.45) is 11.8 Å². The maximum Gasteiger partial charge on any atom is 0.128 e. The first-order valence-corrected chi connectivity index (χ1v) is 5.12. The van der Waals surface area contributed by atoms with Crippen LogP contribution in [0.25, 0.3) is 0 Å². The molecule has 1 aliphatic carbocycles. The molecular formula is C11H11ClF2. The van der Waals surface area contributed by atoms with E-state index in [1.54, 1.807) is 0 Å². The summed E-state index contributed by atoms with van der Waals surface area (Å²) in [6, 6.07) is 3.43. The third-order valence-corrected chi connectivity index (χ3v) is 3.36. The molecule has 2 rings (SSSR count). The van der Waals surface area contributed by atoms with E-state index in [4.69, 9.17) is 11.6 Å². The summed E-state index contributed by atoms with van der Waals surface area (Å²) < 4.78 is 26.1. The van der Waals surface area contributed by atoms with E-state index in [1.807, 2.05) is 0 Å². The molecule has 3 heteroatoms. The van der Waals surface area contributed by atoms with Crippen molar-refractivity contribution >= 4 is 11.6 Å². The molecule has 1 aromatic carbocycles. The van der Waals surface area contributed by atoms with Crippen LogP contribution in [-0.2, 0) is 0 Å². The van der Waals surface area contributed by atoms with Crippen LogP contribution in [0.15, 0.2) is 18.2 Å². The molecule has 3 atom stereocenters. The van der Waals surface area contributed by atoms with Gasteiger partial charge in [0, 0.05) is 5.56 Å². The van der Waals surface area contributed by atoms with Crippen molar-refractivity contribution in [1.82, 2.24) is 0 Å². The Hall–Kier alpha value is -0.630. The van der Waals surface area contributed by atoms with Crippen molar-refractivity contribution < 1.29 is 8.78 Å². The number of alkyl halides is 1. The van der Waals surface area contributed by atoms with E-state index in [9.17, 15) is 8.78 Å². The molecule has 3 unspecified atom stereocenters. The Bertz CT molecular complexity index is 351. The highest BCUT2D eigenvalue weighted by Gasteiger charge is 2.40. The molecule has 1 fully saturated rings. The Labute approximate surface area is 86.9 Å². The van der Waals surface area contributed by atoms with Gasteiger partial charge in [0.1, 0.15) is 11.6 Å². The molecule has 0 aromatic heterocycles. The van der Waals surface area contributed by atoms with E-state index in [2.05, 4.69) is 6.92 Å². The van der Waals surface area contributed by atoms with Crippen LogP contribution in [0.2, 0.25) is 0 Å². The summed E-state index contributed by atoms with van der Waals surface area (Å²) in [5.74, 6) is -0.0148. The highest BCUT2D eigenvalue weighted by Crippen LogP contribution is 2.50. The van der Waals surface area contributed by atoms with Gasteiger partial charge in [-0.2, -0.15) is 0 Å². The average molecular weight is 217 g/mol. The van der Waals surface area contributed by atoms with E-state index in [0.29, 0.717) is 17.4 Å². The first-order chi connectivity index (χ1) is 6.59. The summed E-state index contributed by atoms with van der Waals surface area (Å²) in [7, 11) is 0. The van der Waals surface area contributed by atoms with Gasteiger partial charge in [0.2, 0.25) is 0 Å². The van der Waals surface area contributed by atoms with Gasteiger partial charge < -0.3 is 0 Å². The van der Waals surface area contributed by atoms with Crippen LogP contribution < -0.4 is 0 Å². The molecule has 1 aliphatic rings. The van der Waals surface area contributed by atoms with Crippen LogP contribution in [-0.4, -0.2) is 0 Å². The molecule has 0 N–H and O–H groups in total. The molecule has 0 bridgehead atoms. The number of hydrogen-bond acceptors (Lipinski definition) is 0. The zero-order valence-electron chi connectivity index (χ0n) is 7.81. The Kier molecular flexibility index (Phi) is 2.48.